The number of rotatable bonds is 5. The van der Waals surface area contributed by atoms with Gasteiger partial charge < -0.3 is 10.1 Å². The zero-order chi connectivity index (χ0) is 22.1. The van der Waals surface area contributed by atoms with E-state index in [4.69, 9.17) is 27.9 Å². The molecule has 3 aromatic rings. The van der Waals surface area contributed by atoms with E-state index in [0.717, 1.165) is 10.5 Å². The van der Waals surface area contributed by atoms with E-state index < -0.39 is 11.8 Å². The van der Waals surface area contributed by atoms with Gasteiger partial charge >= 0.3 is 0 Å². The van der Waals surface area contributed by atoms with Crippen LogP contribution in [0, 0.1) is 6.92 Å². The number of ether oxygens (including phenoxy) is 1. The third kappa shape index (κ3) is 3.78. The highest BCUT2D eigenvalue weighted by Gasteiger charge is 2.41. The molecule has 0 aromatic heterocycles. The van der Waals surface area contributed by atoms with E-state index in [9.17, 15) is 9.59 Å². The first kappa shape index (κ1) is 21.0. The van der Waals surface area contributed by atoms with Gasteiger partial charge in [0, 0.05) is 0 Å². The van der Waals surface area contributed by atoms with Crippen LogP contribution in [0.25, 0.3) is 5.57 Å². The number of methoxy groups -OCH3 is 1. The molecule has 1 N–H and O–H groups in total. The molecule has 0 saturated carbocycles. The van der Waals surface area contributed by atoms with Crippen molar-refractivity contribution in [3.05, 3.63) is 93.6 Å². The number of carbonyl (C=O) groups excluding carboxylic acids is 2. The molecular weight excluding hydrogens is 435 g/mol. The largest absolute Gasteiger partial charge is 0.495 e. The van der Waals surface area contributed by atoms with Crippen molar-refractivity contribution in [3.8, 4) is 5.75 Å². The van der Waals surface area contributed by atoms with E-state index in [1.807, 2.05) is 25.1 Å². The number of anilines is 2. The third-order valence-electron chi connectivity index (χ3n) is 4.93. The lowest BCUT2D eigenvalue weighted by Gasteiger charge is -2.18. The summed E-state index contributed by atoms with van der Waals surface area (Å²) in [4.78, 5) is 28.0. The molecule has 0 spiro atoms. The van der Waals surface area contributed by atoms with Crippen molar-refractivity contribution in [1.29, 1.82) is 0 Å². The van der Waals surface area contributed by atoms with Gasteiger partial charge in [-0.1, -0.05) is 65.7 Å². The van der Waals surface area contributed by atoms with Crippen LogP contribution in [0.1, 0.15) is 11.1 Å². The molecule has 7 heteroatoms. The second-order valence-electron chi connectivity index (χ2n) is 6.96. The SMILES string of the molecule is COc1ccc(C)cc1NC1=C(c2ccccc2)C(=O)N(c2cccc(Cl)c2Cl)C1=O. The van der Waals surface area contributed by atoms with Crippen molar-refractivity contribution in [2.45, 2.75) is 6.92 Å². The summed E-state index contributed by atoms with van der Waals surface area (Å²) < 4.78 is 5.43. The Morgan fingerprint density at radius 1 is 0.903 bits per heavy atom. The number of hydrogen-bond donors (Lipinski definition) is 1. The molecule has 5 nitrogen and oxygen atoms in total. The fourth-order valence-corrected chi connectivity index (χ4v) is 3.84. The van der Waals surface area contributed by atoms with E-state index in [1.165, 1.54) is 0 Å². The fourth-order valence-electron chi connectivity index (χ4n) is 3.46. The van der Waals surface area contributed by atoms with E-state index in [2.05, 4.69) is 5.32 Å². The highest BCUT2D eigenvalue weighted by Crippen LogP contribution is 2.40. The Morgan fingerprint density at radius 3 is 2.35 bits per heavy atom. The zero-order valence-electron chi connectivity index (χ0n) is 16.8. The average molecular weight is 453 g/mol. The first-order chi connectivity index (χ1) is 14.9. The number of amides is 2. The molecule has 3 aromatic carbocycles. The third-order valence-corrected chi connectivity index (χ3v) is 5.74. The van der Waals surface area contributed by atoms with E-state index in [1.54, 1.807) is 55.6 Å². The van der Waals surface area contributed by atoms with Crippen molar-refractivity contribution >= 4 is 52.0 Å². The molecule has 156 valence electrons. The maximum Gasteiger partial charge on any atom is 0.282 e. The molecule has 4 rings (SSSR count). The number of benzene rings is 3. The zero-order valence-corrected chi connectivity index (χ0v) is 18.3. The summed E-state index contributed by atoms with van der Waals surface area (Å²) in [6.07, 6.45) is 0. The van der Waals surface area contributed by atoms with Gasteiger partial charge in [-0.3, -0.25) is 9.59 Å². The van der Waals surface area contributed by atoms with E-state index >= 15 is 0 Å². The number of aryl methyl sites for hydroxylation is 1. The van der Waals surface area contributed by atoms with Gasteiger partial charge in [0.1, 0.15) is 11.4 Å². The summed E-state index contributed by atoms with van der Waals surface area (Å²) >= 11 is 12.5. The van der Waals surface area contributed by atoms with Crippen LogP contribution in [0.3, 0.4) is 0 Å². The van der Waals surface area contributed by atoms with Gasteiger partial charge in [-0.15, -0.1) is 0 Å². The maximum absolute atomic E-state index is 13.5. The predicted molar refractivity (Wildman–Crippen MR) is 124 cm³/mol. The quantitative estimate of drug-likeness (QED) is 0.503. The number of imide groups is 1. The van der Waals surface area contributed by atoms with Crippen LogP contribution in [0.5, 0.6) is 5.75 Å². The van der Waals surface area contributed by atoms with Crippen molar-refractivity contribution < 1.29 is 14.3 Å². The molecule has 0 aliphatic carbocycles. The lowest BCUT2D eigenvalue weighted by atomic mass is 10.0. The summed E-state index contributed by atoms with van der Waals surface area (Å²) in [6.45, 7) is 1.93. The molecule has 1 aliphatic rings. The van der Waals surface area contributed by atoms with Gasteiger partial charge in [0.15, 0.2) is 0 Å². The first-order valence-corrected chi connectivity index (χ1v) is 10.2. The smallest absolute Gasteiger partial charge is 0.282 e. The van der Waals surface area contributed by atoms with Crippen LogP contribution >= 0.6 is 23.2 Å². The van der Waals surface area contributed by atoms with Gasteiger partial charge in [-0.25, -0.2) is 4.90 Å². The number of nitrogens with zero attached hydrogens (tertiary/aromatic N) is 1. The normalized spacial score (nSPS) is 13.7. The minimum Gasteiger partial charge on any atom is -0.495 e. The summed E-state index contributed by atoms with van der Waals surface area (Å²) in [7, 11) is 1.54. The van der Waals surface area contributed by atoms with Gasteiger partial charge in [0.2, 0.25) is 0 Å². The fraction of sp³-hybridized carbons (Fsp3) is 0.0833. The second kappa shape index (κ2) is 8.46. The Kier molecular flexibility index (Phi) is 5.72. The van der Waals surface area contributed by atoms with Crippen LogP contribution in [0.15, 0.2) is 72.4 Å². The van der Waals surface area contributed by atoms with Crippen molar-refractivity contribution in [3.63, 3.8) is 0 Å². The number of hydrogen-bond acceptors (Lipinski definition) is 4. The average Bonchev–Trinajstić information content (AvgIpc) is 3.00. The summed E-state index contributed by atoms with van der Waals surface area (Å²) in [5.74, 6) is -0.476. The predicted octanol–water partition coefficient (Wildman–Crippen LogP) is 5.71. The van der Waals surface area contributed by atoms with E-state index in [0.29, 0.717) is 17.0 Å². The molecular formula is C24H18Cl2N2O3. The Hall–Kier alpha value is -3.28. The highest BCUT2D eigenvalue weighted by atomic mass is 35.5. The summed E-state index contributed by atoms with van der Waals surface area (Å²) in [5.41, 5.74) is 2.75. The van der Waals surface area contributed by atoms with Crippen molar-refractivity contribution in [2.24, 2.45) is 0 Å². The van der Waals surface area contributed by atoms with Gasteiger partial charge in [-0.2, -0.15) is 0 Å². The number of carbonyl (C=O) groups is 2. The topological polar surface area (TPSA) is 58.6 Å². The minimum atomic E-state index is -0.531. The molecule has 0 unspecified atom stereocenters. The van der Waals surface area contributed by atoms with E-state index in [-0.39, 0.29) is 27.0 Å². The minimum absolute atomic E-state index is 0.132. The molecule has 31 heavy (non-hydrogen) atoms. The van der Waals surface area contributed by atoms with Crippen LogP contribution in [-0.4, -0.2) is 18.9 Å². The van der Waals surface area contributed by atoms with Crippen LogP contribution in [0.2, 0.25) is 10.0 Å². The highest BCUT2D eigenvalue weighted by molar-refractivity contribution is 6.50. The molecule has 1 heterocycles. The van der Waals surface area contributed by atoms with Gasteiger partial charge in [0.05, 0.1) is 34.1 Å². The van der Waals surface area contributed by atoms with Crippen LogP contribution in [0.4, 0.5) is 11.4 Å². The van der Waals surface area contributed by atoms with Crippen molar-refractivity contribution in [2.75, 3.05) is 17.3 Å². The van der Waals surface area contributed by atoms with Crippen LogP contribution in [-0.2, 0) is 9.59 Å². The molecule has 2 amide bonds. The number of nitrogens with one attached hydrogen (secondary N) is 1. The first-order valence-electron chi connectivity index (χ1n) is 9.46. The lowest BCUT2D eigenvalue weighted by molar-refractivity contribution is -0.120. The molecule has 0 bridgehead atoms. The Morgan fingerprint density at radius 2 is 1.65 bits per heavy atom. The van der Waals surface area contributed by atoms with Crippen LogP contribution < -0.4 is 15.0 Å². The lowest BCUT2D eigenvalue weighted by Crippen LogP contribution is -2.32. The number of halogens is 2. The Balaban J connectivity index is 1.87. The molecule has 1 aliphatic heterocycles. The maximum atomic E-state index is 13.5. The standard InChI is InChI=1S/C24H18Cl2N2O3/c1-14-11-12-19(31-2)17(13-14)27-22-20(15-7-4-3-5-8-15)23(29)28(24(22)30)18-10-6-9-16(25)21(18)26/h3-13,27H,1-2H3. The molecule has 0 radical (unpaired) electrons. The molecule has 0 atom stereocenters. The Bertz CT molecular complexity index is 1220. The van der Waals surface area contributed by atoms with Gasteiger partial charge in [0.25, 0.3) is 11.8 Å². The Labute approximate surface area is 189 Å². The second-order valence-corrected chi connectivity index (χ2v) is 7.75. The molecule has 0 fully saturated rings. The van der Waals surface area contributed by atoms with Crippen molar-refractivity contribution in [1.82, 2.24) is 0 Å². The summed E-state index contributed by atoms with van der Waals surface area (Å²) in [5, 5.41) is 3.52. The molecule has 0 saturated heterocycles. The summed E-state index contributed by atoms with van der Waals surface area (Å²) in [6, 6.07) is 19.4. The monoisotopic (exact) mass is 452 g/mol. The van der Waals surface area contributed by atoms with Gasteiger partial charge in [-0.05, 0) is 42.3 Å².